The van der Waals surface area contributed by atoms with Crippen molar-refractivity contribution in [1.29, 1.82) is 0 Å². The van der Waals surface area contributed by atoms with E-state index in [1.807, 2.05) is 20.8 Å². The Balaban J connectivity index is 2.32. The Labute approximate surface area is 128 Å². The molecule has 0 bridgehead atoms. The summed E-state index contributed by atoms with van der Waals surface area (Å²) in [6.45, 7) is 6.50. The molecule has 0 radical (unpaired) electrons. The summed E-state index contributed by atoms with van der Waals surface area (Å²) in [7, 11) is 0. The van der Waals surface area contributed by atoms with Gasteiger partial charge in [-0.1, -0.05) is 40.0 Å². The molecule has 21 heavy (non-hydrogen) atoms. The monoisotopic (exact) mass is 297 g/mol. The van der Waals surface area contributed by atoms with Crippen LogP contribution in [-0.4, -0.2) is 30.9 Å². The zero-order valence-corrected chi connectivity index (χ0v) is 13.7. The molecule has 0 saturated heterocycles. The highest BCUT2D eigenvalue weighted by Gasteiger charge is 2.24. The molecule has 5 heteroatoms. The van der Waals surface area contributed by atoms with E-state index in [0.29, 0.717) is 18.9 Å². The van der Waals surface area contributed by atoms with Crippen molar-refractivity contribution in [2.75, 3.05) is 13.1 Å². The molecule has 122 valence electrons. The van der Waals surface area contributed by atoms with Gasteiger partial charge >= 0.3 is 0 Å². The van der Waals surface area contributed by atoms with Gasteiger partial charge in [-0.05, 0) is 24.2 Å². The SMILES string of the molecule is CC(C)(C)CC(=O)NCC(=O)NC(CN)C1CCCCC1. The van der Waals surface area contributed by atoms with Crippen molar-refractivity contribution in [3.63, 3.8) is 0 Å². The van der Waals surface area contributed by atoms with E-state index in [-0.39, 0.29) is 29.8 Å². The predicted molar refractivity (Wildman–Crippen MR) is 84.6 cm³/mol. The van der Waals surface area contributed by atoms with Crippen LogP contribution in [0.1, 0.15) is 59.3 Å². The standard InChI is InChI=1S/C16H31N3O2/c1-16(2,3)9-14(20)18-11-15(21)19-13(10-17)12-7-5-4-6-8-12/h12-13H,4-11,17H2,1-3H3,(H,18,20)(H,19,21). The van der Waals surface area contributed by atoms with Crippen molar-refractivity contribution >= 4 is 11.8 Å². The highest BCUT2D eigenvalue weighted by Crippen LogP contribution is 2.26. The smallest absolute Gasteiger partial charge is 0.239 e. The molecule has 0 aromatic heterocycles. The van der Waals surface area contributed by atoms with E-state index in [9.17, 15) is 9.59 Å². The molecule has 1 atom stereocenters. The number of carbonyl (C=O) groups excluding carboxylic acids is 2. The van der Waals surface area contributed by atoms with Gasteiger partial charge < -0.3 is 16.4 Å². The van der Waals surface area contributed by atoms with Gasteiger partial charge in [-0.2, -0.15) is 0 Å². The summed E-state index contributed by atoms with van der Waals surface area (Å²) in [5.41, 5.74) is 5.72. The van der Waals surface area contributed by atoms with Crippen molar-refractivity contribution in [3.8, 4) is 0 Å². The number of carbonyl (C=O) groups is 2. The fraction of sp³-hybridized carbons (Fsp3) is 0.875. The number of hydrogen-bond acceptors (Lipinski definition) is 3. The molecular formula is C16H31N3O2. The van der Waals surface area contributed by atoms with Gasteiger partial charge in [0.2, 0.25) is 11.8 Å². The molecule has 5 nitrogen and oxygen atoms in total. The van der Waals surface area contributed by atoms with E-state index in [4.69, 9.17) is 5.73 Å². The zero-order chi connectivity index (χ0) is 15.9. The van der Waals surface area contributed by atoms with Crippen molar-refractivity contribution in [2.45, 2.75) is 65.3 Å². The maximum absolute atomic E-state index is 11.9. The Morgan fingerprint density at radius 3 is 2.29 bits per heavy atom. The lowest BCUT2D eigenvalue weighted by Gasteiger charge is -2.30. The molecule has 1 aliphatic rings. The highest BCUT2D eigenvalue weighted by atomic mass is 16.2. The van der Waals surface area contributed by atoms with Crippen molar-refractivity contribution in [1.82, 2.24) is 10.6 Å². The average molecular weight is 297 g/mol. The molecule has 0 spiro atoms. The van der Waals surface area contributed by atoms with E-state index >= 15 is 0 Å². The van der Waals surface area contributed by atoms with Gasteiger partial charge in [0.05, 0.1) is 6.54 Å². The Morgan fingerprint density at radius 2 is 1.76 bits per heavy atom. The molecule has 1 saturated carbocycles. The summed E-state index contributed by atoms with van der Waals surface area (Å²) in [5.74, 6) is 0.260. The van der Waals surface area contributed by atoms with Crippen LogP contribution in [0.15, 0.2) is 0 Å². The summed E-state index contributed by atoms with van der Waals surface area (Å²) in [6, 6.07) is 0.0392. The van der Waals surface area contributed by atoms with Gasteiger partial charge in [-0.3, -0.25) is 9.59 Å². The first-order valence-corrected chi connectivity index (χ1v) is 8.08. The number of nitrogens with one attached hydrogen (secondary N) is 2. The second-order valence-corrected chi connectivity index (χ2v) is 7.32. The minimum absolute atomic E-state index is 0.0392. The second kappa shape index (κ2) is 8.37. The van der Waals surface area contributed by atoms with Crippen LogP contribution in [0.4, 0.5) is 0 Å². The van der Waals surface area contributed by atoms with Crippen molar-refractivity contribution < 1.29 is 9.59 Å². The Kier molecular flexibility index (Phi) is 7.15. The molecule has 2 amide bonds. The Bertz CT molecular complexity index is 344. The normalized spacial score (nSPS) is 18.1. The lowest BCUT2D eigenvalue weighted by Crippen LogP contribution is -2.49. The van der Waals surface area contributed by atoms with Crippen LogP contribution in [0.2, 0.25) is 0 Å². The molecule has 0 aromatic rings. The van der Waals surface area contributed by atoms with Gasteiger partial charge in [0.15, 0.2) is 0 Å². The lowest BCUT2D eigenvalue weighted by molar-refractivity contribution is -0.127. The zero-order valence-electron chi connectivity index (χ0n) is 13.7. The van der Waals surface area contributed by atoms with Crippen LogP contribution >= 0.6 is 0 Å². The van der Waals surface area contributed by atoms with Gasteiger partial charge in [0.1, 0.15) is 0 Å². The molecule has 1 aliphatic carbocycles. The van der Waals surface area contributed by atoms with Crippen LogP contribution in [0.3, 0.4) is 0 Å². The third-order valence-electron chi connectivity index (χ3n) is 3.96. The summed E-state index contributed by atoms with van der Waals surface area (Å²) in [4.78, 5) is 23.6. The number of nitrogens with two attached hydrogens (primary N) is 1. The minimum Gasteiger partial charge on any atom is -0.350 e. The van der Waals surface area contributed by atoms with Crippen molar-refractivity contribution in [3.05, 3.63) is 0 Å². The third kappa shape index (κ3) is 7.46. The number of hydrogen-bond donors (Lipinski definition) is 3. The number of amides is 2. The number of rotatable bonds is 6. The topological polar surface area (TPSA) is 84.2 Å². The van der Waals surface area contributed by atoms with Crippen LogP contribution < -0.4 is 16.4 Å². The molecule has 0 aliphatic heterocycles. The molecule has 1 fully saturated rings. The summed E-state index contributed by atoms with van der Waals surface area (Å²) in [5, 5.41) is 5.66. The fourth-order valence-electron chi connectivity index (χ4n) is 2.89. The summed E-state index contributed by atoms with van der Waals surface area (Å²) in [6.07, 6.45) is 6.42. The molecule has 1 unspecified atom stereocenters. The lowest BCUT2D eigenvalue weighted by atomic mass is 9.84. The quantitative estimate of drug-likeness (QED) is 0.695. The molecule has 0 aromatic carbocycles. The summed E-state index contributed by atoms with van der Waals surface area (Å²) >= 11 is 0. The highest BCUT2D eigenvalue weighted by molar-refractivity contribution is 5.85. The third-order valence-corrected chi connectivity index (χ3v) is 3.96. The van der Waals surface area contributed by atoms with Crippen molar-refractivity contribution in [2.24, 2.45) is 17.1 Å². The van der Waals surface area contributed by atoms with Crippen LogP contribution in [0, 0.1) is 11.3 Å². The average Bonchev–Trinajstić information content (AvgIpc) is 2.41. The maximum Gasteiger partial charge on any atom is 0.239 e. The first-order chi connectivity index (χ1) is 9.81. The van der Waals surface area contributed by atoms with Gasteiger partial charge in [-0.25, -0.2) is 0 Å². The van der Waals surface area contributed by atoms with E-state index in [0.717, 1.165) is 12.8 Å². The van der Waals surface area contributed by atoms with Gasteiger partial charge in [-0.15, -0.1) is 0 Å². The first-order valence-electron chi connectivity index (χ1n) is 8.08. The van der Waals surface area contributed by atoms with E-state index < -0.39 is 0 Å². The maximum atomic E-state index is 11.9. The van der Waals surface area contributed by atoms with E-state index in [1.54, 1.807) is 0 Å². The van der Waals surface area contributed by atoms with Gasteiger partial charge in [0.25, 0.3) is 0 Å². The summed E-state index contributed by atoms with van der Waals surface area (Å²) < 4.78 is 0. The van der Waals surface area contributed by atoms with Crippen LogP contribution in [0.25, 0.3) is 0 Å². The van der Waals surface area contributed by atoms with Gasteiger partial charge in [0, 0.05) is 19.0 Å². The Hall–Kier alpha value is -1.10. The molecule has 4 N–H and O–H groups in total. The predicted octanol–water partition coefficient (Wildman–Crippen LogP) is 1.56. The van der Waals surface area contributed by atoms with E-state index in [1.165, 1.54) is 19.3 Å². The molecule has 1 rings (SSSR count). The van der Waals surface area contributed by atoms with Crippen LogP contribution in [0.5, 0.6) is 0 Å². The second-order valence-electron chi connectivity index (χ2n) is 7.32. The molecule has 0 heterocycles. The fourth-order valence-corrected chi connectivity index (χ4v) is 2.89. The largest absolute Gasteiger partial charge is 0.350 e. The van der Waals surface area contributed by atoms with E-state index in [2.05, 4.69) is 10.6 Å². The minimum atomic E-state index is -0.140. The Morgan fingerprint density at radius 1 is 1.14 bits per heavy atom. The first kappa shape index (κ1) is 18.0. The van der Waals surface area contributed by atoms with Crippen LogP contribution in [-0.2, 0) is 9.59 Å². The molecular weight excluding hydrogens is 266 g/mol.